The molecule has 1 saturated heterocycles. The normalized spacial score (nSPS) is 20.4. The van der Waals surface area contributed by atoms with Crippen LogP contribution in [0.4, 0.5) is 0 Å². The third kappa shape index (κ3) is 3.94. The molecule has 1 rings (SSSR count). The summed E-state index contributed by atoms with van der Waals surface area (Å²) in [6.07, 6.45) is 1.45. The summed E-state index contributed by atoms with van der Waals surface area (Å²) in [5, 5.41) is 9.01. The topological polar surface area (TPSA) is 83.9 Å². The number of rotatable bonds is 7. The second-order valence-electron chi connectivity index (χ2n) is 4.64. The van der Waals surface area contributed by atoms with Gasteiger partial charge in [0, 0.05) is 13.0 Å². The number of carboxylic acids is 1. The van der Waals surface area contributed by atoms with Crippen molar-refractivity contribution in [2.45, 2.75) is 58.1 Å². The number of unbranched alkanes of at least 4 members (excludes halogenated alkanes) is 1. The molecule has 1 amide bonds. The fourth-order valence-electron chi connectivity index (χ4n) is 2.22. The van der Waals surface area contributed by atoms with Crippen molar-refractivity contribution >= 4 is 17.8 Å². The Kier molecular flexibility index (Phi) is 5.79. The van der Waals surface area contributed by atoms with Crippen LogP contribution in [0.5, 0.6) is 0 Å². The van der Waals surface area contributed by atoms with Crippen LogP contribution in [0.2, 0.25) is 0 Å². The molecule has 0 aromatic rings. The lowest BCUT2D eigenvalue weighted by molar-refractivity contribution is -0.168. The maximum atomic E-state index is 12.0. The highest BCUT2D eigenvalue weighted by Gasteiger charge is 2.37. The predicted octanol–water partition coefficient (Wildman–Crippen LogP) is 1.18. The maximum Gasteiger partial charge on any atom is 0.345 e. The molecule has 2 atom stereocenters. The maximum absolute atomic E-state index is 12.0. The summed E-state index contributed by atoms with van der Waals surface area (Å²) in [6.45, 7) is 4.16. The van der Waals surface area contributed by atoms with E-state index < -0.39 is 24.1 Å². The molecule has 0 aliphatic carbocycles. The quantitative estimate of drug-likeness (QED) is 0.703. The molecule has 0 radical (unpaired) electrons. The minimum Gasteiger partial charge on any atom is -0.479 e. The number of likely N-dealkylation sites (tertiary alicyclic amines) is 1. The summed E-state index contributed by atoms with van der Waals surface area (Å²) in [5.74, 6) is -1.81. The fraction of sp³-hybridized carbons (Fsp3) is 0.769. The highest BCUT2D eigenvalue weighted by molar-refractivity contribution is 5.89. The first kappa shape index (κ1) is 15.5. The van der Waals surface area contributed by atoms with Crippen molar-refractivity contribution in [1.82, 2.24) is 4.90 Å². The van der Waals surface area contributed by atoms with E-state index in [0.29, 0.717) is 32.2 Å². The van der Waals surface area contributed by atoms with Crippen LogP contribution in [-0.2, 0) is 19.1 Å². The van der Waals surface area contributed by atoms with Crippen LogP contribution < -0.4 is 0 Å². The molecule has 0 aromatic heterocycles. The van der Waals surface area contributed by atoms with Crippen molar-refractivity contribution in [3.63, 3.8) is 0 Å². The molecule has 0 spiro atoms. The van der Waals surface area contributed by atoms with Crippen LogP contribution in [0.25, 0.3) is 0 Å². The lowest BCUT2D eigenvalue weighted by Gasteiger charge is -2.23. The van der Waals surface area contributed by atoms with Crippen LogP contribution in [0.15, 0.2) is 0 Å². The van der Waals surface area contributed by atoms with Gasteiger partial charge in [0.15, 0.2) is 6.10 Å². The van der Waals surface area contributed by atoms with Crippen molar-refractivity contribution in [1.29, 1.82) is 0 Å². The molecule has 1 N–H and O–H groups in total. The zero-order valence-corrected chi connectivity index (χ0v) is 11.4. The number of hydrogen-bond donors (Lipinski definition) is 1. The smallest absolute Gasteiger partial charge is 0.345 e. The number of likely N-dealkylation sites (N-methyl/N-ethyl adjacent to an activating group) is 1. The van der Waals surface area contributed by atoms with E-state index in [0.717, 1.165) is 6.42 Å². The summed E-state index contributed by atoms with van der Waals surface area (Å²) in [4.78, 5) is 35.9. The van der Waals surface area contributed by atoms with E-state index in [1.165, 1.54) is 4.90 Å². The average molecular weight is 271 g/mol. The Morgan fingerprint density at radius 2 is 2.16 bits per heavy atom. The van der Waals surface area contributed by atoms with Gasteiger partial charge in [0.1, 0.15) is 6.04 Å². The van der Waals surface area contributed by atoms with E-state index in [1.54, 1.807) is 6.92 Å². The molecule has 1 aliphatic rings. The molecular weight excluding hydrogens is 250 g/mol. The van der Waals surface area contributed by atoms with Gasteiger partial charge in [-0.3, -0.25) is 4.79 Å². The van der Waals surface area contributed by atoms with Gasteiger partial charge >= 0.3 is 11.9 Å². The molecule has 19 heavy (non-hydrogen) atoms. The summed E-state index contributed by atoms with van der Waals surface area (Å²) in [5.41, 5.74) is 0. The number of aliphatic carboxylic acids is 1. The number of esters is 1. The van der Waals surface area contributed by atoms with Gasteiger partial charge < -0.3 is 14.7 Å². The summed E-state index contributed by atoms with van der Waals surface area (Å²) >= 11 is 0. The average Bonchev–Trinajstić information content (AvgIpc) is 2.74. The van der Waals surface area contributed by atoms with Gasteiger partial charge in [-0.15, -0.1) is 0 Å². The Bertz CT molecular complexity index is 355. The van der Waals surface area contributed by atoms with Gasteiger partial charge in [-0.1, -0.05) is 13.3 Å². The van der Waals surface area contributed by atoms with E-state index in [9.17, 15) is 14.4 Å². The molecule has 0 aromatic carbocycles. The second-order valence-corrected chi connectivity index (χ2v) is 4.64. The minimum absolute atomic E-state index is 0.0788. The zero-order valence-electron chi connectivity index (χ0n) is 11.4. The van der Waals surface area contributed by atoms with Gasteiger partial charge in [0.05, 0.1) is 0 Å². The van der Waals surface area contributed by atoms with Crippen LogP contribution in [0.1, 0.15) is 46.0 Å². The first-order valence-corrected chi connectivity index (χ1v) is 6.74. The molecule has 0 saturated carbocycles. The largest absolute Gasteiger partial charge is 0.479 e. The van der Waals surface area contributed by atoms with Gasteiger partial charge in [-0.25, -0.2) is 9.59 Å². The third-order valence-corrected chi connectivity index (χ3v) is 3.29. The first-order chi connectivity index (χ1) is 9.01. The Balaban J connectivity index is 2.61. The van der Waals surface area contributed by atoms with E-state index in [2.05, 4.69) is 0 Å². The molecular formula is C13H21NO5. The molecule has 1 aliphatic heterocycles. The highest BCUT2D eigenvalue weighted by Crippen LogP contribution is 2.20. The summed E-state index contributed by atoms with van der Waals surface area (Å²) in [6, 6.07) is -0.624. The summed E-state index contributed by atoms with van der Waals surface area (Å²) in [7, 11) is 0. The SMILES string of the molecule is CCCCC(OC(=O)[C@@H]1CCC(=O)N1CC)C(=O)O. The third-order valence-electron chi connectivity index (χ3n) is 3.29. The number of carboxylic acid groups (broad SMARTS) is 1. The van der Waals surface area contributed by atoms with Crippen molar-refractivity contribution in [2.24, 2.45) is 0 Å². The monoisotopic (exact) mass is 271 g/mol. The number of nitrogens with zero attached hydrogens (tertiary/aromatic N) is 1. The van der Waals surface area contributed by atoms with Crippen LogP contribution in [-0.4, -0.2) is 46.5 Å². The van der Waals surface area contributed by atoms with Gasteiger partial charge in [0.25, 0.3) is 0 Å². The number of amides is 1. The van der Waals surface area contributed by atoms with Gasteiger partial charge in [-0.2, -0.15) is 0 Å². The number of ether oxygens (including phenoxy) is 1. The van der Waals surface area contributed by atoms with Crippen molar-refractivity contribution in [3.8, 4) is 0 Å². The zero-order chi connectivity index (χ0) is 14.4. The molecule has 6 heteroatoms. The van der Waals surface area contributed by atoms with Gasteiger partial charge in [0.2, 0.25) is 5.91 Å². The second kappa shape index (κ2) is 7.11. The Hall–Kier alpha value is -1.59. The Labute approximate surface area is 112 Å². The van der Waals surface area contributed by atoms with Gasteiger partial charge in [-0.05, 0) is 26.2 Å². The lowest BCUT2D eigenvalue weighted by atomic mass is 10.1. The molecule has 1 fully saturated rings. The van der Waals surface area contributed by atoms with Crippen LogP contribution in [0, 0.1) is 0 Å². The van der Waals surface area contributed by atoms with E-state index in [1.807, 2.05) is 6.92 Å². The van der Waals surface area contributed by atoms with Crippen LogP contribution >= 0.6 is 0 Å². The standard InChI is InChI=1S/C13H21NO5/c1-3-5-6-10(12(16)17)19-13(18)9-7-8-11(15)14(9)4-2/h9-10H,3-8H2,1-2H3,(H,16,17)/t9-,10?/m0/s1. The Morgan fingerprint density at radius 1 is 1.47 bits per heavy atom. The summed E-state index contributed by atoms with van der Waals surface area (Å²) < 4.78 is 5.05. The van der Waals surface area contributed by atoms with E-state index in [-0.39, 0.29) is 5.91 Å². The first-order valence-electron chi connectivity index (χ1n) is 6.74. The number of hydrogen-bond acceptors (Lipinski definition) is 4. The van der Waals surface area contributed by atoms with Crippen molar-refractivity contribution < 1.29 is 24.2 Å². The molecule has 1 heterocycles. The molecule has 1 unspecified atom stereocenters. The lowest BCUT2D eigenvalue weighted by Crippen LogP contribution is -2.41. The van der Waals surface area contributed by atoms with E-state index >= 15 is 0 Å². The molecule has 108 valence electrons. The Morgan fingerprint density at radius 3 is 2.68 bits per heavy atom. The number of carbonyl (C=O) groups is 3. The minimum atomic E-state index is -1.13. The molecule has 0 bridgehead atoms. The highest BCUT2D eigenvalue weighted by atomic mass is 16.6. The van der Waals surface area contributed by atoms with Crippen LogP contribution in [0.3, 0.4) is 0 Å². The van der Waals surface area contributed by atoms with E-state index in [4.69, 9.17) is 9.84 Å². The number of carbonyl (C=O) groups excluding carboxylic acids is 2. The predicted molar refractivity (Wildman–Crippen MR) is 67.4 cm³/mol. The fourth-order valence-corrected chi connectivity index (χ4v) is 2.22. The van der Waals surface area contributed by atoms with Crippen molar-refractivity contribution in [2.75, 3.05) is 6.54 Å². The van der Waals surface area contributed by atoms with Crippen molar-refractivity contribution in [3.05, 3.63) is 0 Å². The molecule has 6 nitrogen and oxygen atoms in total.